The first-order valence-corrected chi connectivity index (χ1v) is 6.25. The second kappa shape index (κ2) is 6.43. The third kappa shape index (κ3) is 4.44. The maximum absolute atomic E-state index is 11.7. The van der Waals surface area contributed by atoms with Gasteiger partial charge in [0.2, 0.25) is 0 Å². The summed E-state index contributed by atoms with van der Waals surface area (Å²) in [5.41, 5.74) is 1.42. The highest BCUT2D eigenvalue weighted by Crippen LogP contribution is 2.22. The Bertz CT molecular complexity index is 489. The maximum atomic E-state index is 11.7. The van der Waals surface area contributed by atoms with Gasteiger partial charge in [-0.15, -0.1) is 0 Å². The highest BCUT2D eigenvalue weighted by atomic mass is 35.5. The predicted molar refractivity (Wildman–Crippen MR) is 74.6 cm³/mol. The zero-order chi connectivity index (χ0) is 14.6. The molecule has 0 saturated heterocycles. The number of nitrogens with one attached hydrogen (secondary N) is 2. The number of urea groups is 1. The molecule has 0 spiro atoms. The number of rotatable bonds is 4. The van der Waals surface area contributed by atoms with Gasteiger partial charge in [-0.2, -0.15) is 0 Å². The molecule has 0 heterocycles. The number of hydrogen-bond donors (Lipinski definition) is 3. The number of carboxylic acids is 1. The van der Waals surface area contributed by atoms with E-state index in [1.165, 1.54) is 0 Å². The van der Waals surface area contributed by atoms with E-state index >= 15 is 0 Å². The average Bonchev–Trinajstić information content (AvgIpc) is 2.29. The van der Waals surface area contributed by atoms with Gasteiger partial charge in [0.05, 0.1) is 10.7 Å². The standard InChI is InChI=1S/C13H17ClN2O3/c1-7(2)11(12(17)18)16-13(19)15-10-5-4-8(3)6-9(10)14/h4-7,11H,1-3H3,(H,17,18)(H2,15,16,19). The van der Waals surface area contributed by atoms with Crippen molar-refractivity contribution in [3.63, 3.8) is 0 Å². The van der Waals surface area contributed by atoms with Crippen LogP contribution in [0.15, 0.2) is 18.2 Å². The first-order chi connectivity index (χ1) is 8.81. The molecule has 1 unspecified atom stereocenters. The van der Waals surface area contributed by atoms with E-state index in [-0.39, 0.29) is 5.92 Å². The average molecular weight is 285 g/mol. The minimum Gasteiger partial charge on any atom is -0.480 e. The lowest BCUT2D eigenvalue weighted by Gasteiger charge is -2.18. The van der Waals surface area contributed by atoms with Gasteiger partial charge < -0.3 is 15.7 Å². The Morgan fingerprint density at radius 2 is 1.95 bits per heavy atom. The summed E-state index contributed by atoms with van der Waals surface area (Å²) in [6.45, 7) is 5.32. The fraction of sp³-hybridized carbons (Fsp3) is 0.385. The molecule has 0 aromatic heterocycles. The van der Waals surface area contributed by atoms with Crippen LogP contribution in [0.4, 0.5) is 10.5 Å². The predicted octanol–water partition coefficient (Wildman–Crippen LogP) is 2.88. The summed E-state index contributed by atoms with van der Waals surface area (Å²) in [5, 5.41) is 14.3. The maximum Gasteiger partial charge on any atom is 0.326 e. The molecule has 19 heavy (non-hydrogen) atoms. The second-order valence-electron chi connectivity index (χ2n) is 4.64. The zero-order valence-electron chi connectivity index (χ0n) is 11.0. The van der Waals surface area contributed by atoms with E-state index in [1.807, 2.05) is 6.92 Å². The summed E-state index contributed by atoms with van der Waals surface area (Å²) in [4.78, 5) is 22.7. The molecule has 1 aromatic carbocycles. The highest BCUT2D eigenvalue weighted by Gasteiger charge is 2.23. The summed E-state index contributed by atoms with van der Waals surface area (Å²) in [6.07, 6.45) is 0. The second-order valence-corrected chi connectivity index (χ2v) is 5.05. The first kappa shape index (κ1) is 15.3. The number of amides is 2. The van der Waals surface area contributed by atoms with Crippen molar-refractivity contribution in [3.05, 3.63) is 28.8 Å². The van der Waals surface area contributed by atoms with Gasteiger partial charge >= 0.3 is 12.0 Å². The van der Waals surface area contributed by atoms with Gasteiger partial charge in [-0.25, -0.2) is 9.59 Å². The van der Waals surface area contributed by atoms with Gasteiger partial charge in [-0.05, 0) is 30.5 Å². The number of aliphatic carboxylic acids is 1. The van der Waals surface area contributed by atoms with E-state index in [2.05, 4.69) is 10.6 Å². The third-order valence-electron chi connectivity index (χ3n) is 2.59. The third-order valence-corrected chi connectivity index (χ3v) is 2.90. The van der Waals surface area contributed by atoms with Gasteiger partial charge in [-0.1, -0.05) is 31.5 Å². The highest BCUT2D eigenvalue weighted by molar-refractivity contribution is 6.33. The van der Waals surface area contributed by atoms with E-state index in [0.717, 1.165) is 5.56 Å². The number of aryl methyl sites for hydroxylation is 1. The van der Waals surface area contributed by atoms with Crippen molar-refractivity contribution in [2.45, 2.75) is 26.8 Å². The van der Waals surface area contributed by atoms with Crippen molar-refractivity contribution in [2.24, 2.45) is 5.92 Å². The van der Waals surface area contributed by atoms with Crippen molar-refractivity contribution < 1.29 is 14.7 Å². The Labute approximate surface area is 117 Å². The summed E-state index contributed by atoms with van der Waals surface area (Å²) >= 11 is 5.98. The van der Waals surface area contributed by atoms with Gasteiger partial charge in [0, 0.05) is 0 Å². The Balaban J connectivity index is 2.72. The molecule has 0 aliphatic carbocycles. The zero-order valence-corrected chi connectivity index (χ0v) is 11.8. The van der Waals surface area contributed by atoms with E-state index in [9.17, 15) is 9.59 Å². The first-order valence-electron chi connectivity index (χ1n) is 5.87. The Hall–Kier alpha value is -1.75. The van der Waals surface area contributed by atoms with Crippen LogP contribution in [0.1, 0.15) is 19.4 Å². The molecule has 1 aromatic rings. The monoisotopic (exact) mass is 284 g/mol. The van der Waals surface area contributed by atoms with Crippen LogP contribution < -0.4 is 10.6 Å². The normalized spacial score (nSPS) is 12.1. The summed E-state index contributed by atoms with van der Waals surface area (Å²) in [5.74, 6) is -1.28. The van der Waals surface area contributed by atoms with Crippen LogP contribution in [0.3, 0.4) is 0 Å². The smallest absolute Gasteiger partial charge is 0.326 e. The minimum absolute atomic E-state index is 0.211. The number of anilines is 1. The molecule has 1 rings (SSSR count). The van der Waals surface area contributed by atoms with Crippen LogP contribution in [-0.4, -0.2) is 23.1 Å². The summed E-state index contributed by atoms with van der Waals surface area (Å²) in [6, 6.07) is 3.66. The van der Waals surface area contributed by atoms with E-state index in [1.54, 1.807) is 32.0 Å². The van der Waals surface area contributed by atoms with E-state index in [4.69, 9.17) is 16.7 Å². The Morgan fingerprint density at radius 3 is 2.42 bits per heavy atom. The SMILES string of the molecule is Cc1ccc(NC(=O)NC(C(=O)O)C(C)C)c(Cl)c1. The van der Waals surface area contributed by atoms with E-state index in [0.29, 0.717) is 10.7 Å². The van der Waals surface area contributed by atoms with Crippen molar-refractivity contribution in [3.8, 4) is 0 Å². The van der Waals surface area contributed by atoms with Gasteiger partial charge in [0.25, 0.3) is 0 Å². The summed E-state index contributed by atoms with van der Waals surface area (Å²) in [7, 11) is 0. The van der Waals surface area contributed by atoms with Crippen LogP contribution in [-0.2, 0) is 4.79 Å². The Kier molecular flexibility index (Phi) is 5.18. The molecule has 104 valence electrons. The number of halogens is 1. The van der Waals surface area contributed by atoms with Crippen molar-refractivity contribution in [1.29, 1.82) is 0 Å². The topological polar surface area (TPSA) is 78.4 Å². The molecule has 0 aliphatic heterocycles. The fourth-order valence-electron chi connectivity index (χ4n) is 1.53. The Morgan fingerprint density at radius 1 is 1.32 bits per heavy atom. The van der Waals surface area contributed by atoms with Crippen LogP contribution in [0.25, 0.3) is 0 Å². The lowest BCUT2D eigenvalue weighted by molar-refractivity contribution is -0.140. The number of hydrogen-bond acceptors (Lipinski definition) is 2. The van der Waals surface area contributed by atoms with Gasteiger partial charge in [-0.3, -0.25) is 0 Å². The van der Waals surface area contributed by atoms with Crippen molar-refractivity contribution in [2.75, 3.05) is 5.32 Å². The number of carbonyl (C=O) groups excluding carboxylic acids is 1. The van der Waals surface area contributed by atoms with E-state index < -0.39 is 18.0 Å². The number of carboxylic acid groups (broad SMARTS) is 1. The largest absolute Gasteiger partial charge is 0.480 e. The molecular weight excluding hydrogens is 268 g/mol. The quantitative estimate of drug-likeness (QED) is 0.795. The number of benzene rings is 1. The molecule has 0 saturated carbocycles. The van der Waals surface area contributed by atoms with Crippen LogP contribution in [0, 0.1) is 12.8 Å². The molecule has 5 nitrogen and oxygen atoms in total. The molecular formula is C13H17ClN2O3. The molecule has 0 bridgehead atoms. The molecule has 0 aliphatic rings. The van der Waals surface area contributed by atoms with Crippen molar-refractivity contribution in [1.82, 2.24) is 5.32 Å². The molecule has 0 fully saturated rings. The van der Waals surface area contributed by atoms with Crippen molar-refractivity contribution >= 4 is 29.3 Å². The minimum atomic E-state index is -1.07. The van der Waals surface area contributed by atoms with Gasteiger partial charge in [0.15, 0.2) is 0 Å². The van der Waals surface area contributed by atoms with Crippen LogP contribution >= 0.6 is 11.6 Å². The molecule has 1 atom stereocenters. The molecule has 0 radical (unpaired) electrons. The van der Waals surface area contributed by atoms with Gasteiger partial charge in [0.1, 0.15) is 6.04 Å². The molecule has 3 N–H and O–H groups in total. The fourth-order valence-corrected chi connectivity index (χ4v) is 1.82. The summed E-state index contributed by atoms with van der Waals surface area (Å²) < 4.78 is 0. The lowest BCUT2D eigenvalue weighted by atomic mass is 10.1. The van der Waals surface area contributed by atoms with Crippen LogP contribution in [0.5, 0.6) is 0 Å². The molecule has 6 heteroatoms. The van der Waals surface area contributed by atoms with Crippen LogP contribution in [0.2, 0.25) is 5.02 Å². The number of carbonyl (C=O) groups is 2. The lowest BCUT2D eigenvalue weighted by Crippen LogP contribution is -2.46. The molecule has 2 amide bonds.